The smallest absolute Gasteiger partial charge is 0.224 e. The van der Waals surface area contributed by atoms with E-state index in [0.717, 1.165) is 12.1 Å². The van der Waals surface area contributed by atoms with Gasteiger partial charge >= 0.3 is 0 Å². The van der Waals surface area contributed by atoms with Gasteiger partial charge in [-0.25, -0.2) is 8.78 Å². The molecular weight excluding hydrogens is 226 g/mol. The van der Waals surface area contributed by atoms with Gasteiger partial charge in [-0.05, 0) is 25.5 Å². The summed E-state index contributed by atoms with van der Waals surface area (Å²) in [4.78, 5) is 11.6. The minimum atomic E-state index is -0.717. The van der Waals surface area contributed by atoms with Gasteiger partial charge in [-0.15, -0.1) is 0 Å². The van der Waals surface area contributed by atoms with Crippen LogP contribution in [0.3, 0.4) is 0 Å². The average Bonchev–Trinajstić information content (AvgIpc) is 2.21. The Bertz CT molecular complexity index is 419. The number of benzene rings is 1. The molecule has 0 heterocycles. The van der Waals surface area contributed by atoms with Gasteiger partial charge < -0.3 is 11.1 Å². The maximum atomic E-state index is 13.3. The predicted molar refractivity (Wildman–Crippen MR) is 61.3 cm³/mol. The normalized spacial score (nSPS) is 11.4. The molecule has 1 amide bonds. The number of rotatable bonds is 4. The van der Waals surface area contributed by atoms with E-state index < -0.39 is 17.2 Å². The van der Waals surface area contributed by atoms with Crippen LogP contribution in [0, 0.1) is 11.6 Å². The first-order valence-corrected chi connectivity index (χ1v) is 5.29. The molecule has 0 spiro atoms. The van der Waals surface area contributed by atoms with Gasteiger partial charge in [-0.3, -0.25) is 4.79 Å². The van der Waals surface area contributed by atoms with Gasteiger partial charge in [0.25, 0.3) is 0 Å². The van der Waals surface area contributed by atoms with Crippen molar-refractivity contribution in [2.75, 3.05) is 6.54 Å². The van der Waals surface area contributed by atoms with Gasteiger partial charge in [0.15, 0.2) is 0 Å². The lowest BCUT2D eigenvalue weighted by molar-refractivity contribution is -0.121. The Kier molecular flexibility index (Phi) is 4.17. The van der Waals surface area contributed by atoms with Crippen LogP contribution in [-0.4, -0.2) is 18.0 Å². The summed E-state index contributed by atoms with van der Waals surface area (Å²) >= 11 is 0. The number of carbonyl (C=O) groups is 1. The van der Waals surface area contributed by atoms with Crippen molar-refractivity contribution < 1.29 is 13.6 Å². The van der Waals surface area contributed by atoms with E-state index >= 15 is 0 Å². The van der Waals surface area contributed by atoms with Crippen molar-refractivity contribution in [3.05, 3.63) is 35.4 Å². The van der Waals surface area contributed by atoms with Gasteiger partial charge in [0.05, 0.1) is 6.42 Å². The third-order valence-corrected chi connectivity index (χ3v) is 2.35. The van der Waals surface area contributed by atoms with Crippen molar-refractivity contribution in [2.45, 2.75) is 25.8 Å². The van der Waals surface area contributed by atoms with E-state index in [-0.39, 0.29) is 24.4 Å². The Morgan fingerprint density at radius 2 is 2.06 bits per heavy atom. The first kappa shape index (κ1) is 13.6. The van der Waals surface area contributed by atoms with Crippen molar-refractivity contribution in [1.82, 2.24) is 5.32 Å². The first-order valence-electron chi connectivity index (χ1n) is 5.29. The zero-order valence-electron chi connectivity index (χ0n) is 9.89. The zero-order chi connectivity index (χ0) is 13.1. The number of hydrogen-bond acceptors (Lipinski definition) is 2. The highest BCUT2D eigenvalue weighted by Crippen LogP contribution is 2.10. The quantitative estimate of drug-likeness (QED) is 0.837. The average molecular weight is 242 g/mol. The van der Waals surface area contributed by atoms with Crippen LogP contribution in [-0.2, 0) is 11.2 Å². The summed E-state index contributed by atoms with van der Waals surface area (Å²) in [6.45, 7) is 3.82. The zero-order valence-corrected chi connectivity index (χ0v) is 9.89. The van der Waals surface area contributed by atoms with Crippen LogP contribution < -0.4 is 11.1 Å². The van der Waals surface area contributed by atoms with E-state index in [0.29, 0.717) is 0 Å². The van der Waals surface area contributed by atoms with Crippen molar-refractivity contribution in [3.63, 3.8) is 0 Å². The minimum Gasteiger partial charge on any atom is -0.350 e. The molecule has 5 heteroatoms. The third kappa shape index (κ3) is 4.11. The number of amides is 1. The van der Waals surface area contributed by atoms with Crippen LogP contribution in [0.2, 0.25) is 0 Å². The van der Waals surface area contributed by atoms with Crippen molar-refractivity contribution in [1.29, 1.82) is 0 Å². The molecule has 94 valence electrons. The van der Waals surface area contributed by atoms with E-state index in [2.05, 4.69) is 5.32 Å². The van der Waals surface area contributed by atoms with Crippen molar-refractivity contribution in [3.8, 4) is 0 Å². The van der Waals surface area contributed by atoms with Crippen molar-refractivity contribution in [2.24, 2.45) is 5.73 Å². The molecular formula is C12H16F2N2O. The molecule has 1 rings (SSSR count). The second-order valence-corrected chi connectivity index (χ2v) is 4.55. The van der Waals surface area contributed by atoms with E-state index in [4.69, 9.17) is 5.73 Å². The molecule has 0 aliphatic rings. The predicted octanol–water partition coefficient (Wildman–Crippen LogP) is 1.36. The highest BCUT2D eigenvalue weighted by molar-refractivity contribution is 5.79. The number of nitrogens with one attached hydrogen (secondary N) is 1. The SMILES string of the molecule is CC(C)(CN)NC(=O)Cc1ccc(F)cc1F. The molecule has 0 bridgehead atoms. The van der Waals surface area contributed by atoms with Crippen LogP contribution in [0.4, 0.5) is 8.78 Å². The molecule has 0 saturated carbocycles. The minimum absolute atomic E-state index is 0.129. The third-order valence-electron chi connectivity index (χ3n) is 2.35. The molecule has 17 heavy (non-hydrogen) atoms. The van der Waals surface area contributed by atoms with Gasteiger partial charge in [0.1, 0.15) is 11.6 Å². The highest BCUT2D eigenvalue weighted by atomic mass is 19.1. The Labute approximate surface area is 99.0 Å². The second kappa shape index (κ2) is 5.23. The van der Waals surface area contributed by atoms with Crippen LogP contribution in [0.1, 0.15) is 19.4 Å². The van der Waals surface area contributed by atoms with Crippen molar-refractivity contribution >= 4 is 5.91 Å². The summed E-state index contributed by atoms with van der Waals surface area (Å²) in [5.41, 5.74) is 5.09. The highest BCUT2D eigenvalue weighted by Gasteiger charge is 2.19. The standard InChI is InChI=1S/C12H16F2N2O/c1-12(2,7-15)16-11(17)5-8-3-4-9(13)6-10(8)14/h3-4,6H,5,7,15H2,1-2H3,(H,16,17). The number of halogens is 2. The van der Waals surface area contributed by atoms with Crippen LogP contribution >= 0.6 is 0 Å². The number of carbonyl (C=O) groups excluding carboxylic acids is 1. The van der Waals surface area contributed by atoms with Gasteiger partial charge in [0.2, 0.25) is 5.91 Å². The Morgan fingerprint density at radius 3 is 2.59 bits per heavy atom. The molecule has 1 aromatic carbocycles. The molecule has 0 aromatic heterocycles. The summed E-state index contributed by atoms with van der Waals surface area (Å²) in [6, 6.07) is 3.15. The summed E-state index contributed by atoms with van der Waals surface area (Å²) in [6.07, 6.45) is -0.129. The maximum absolute atomic E-state index is 13.3. The van der Waals surface area contributed by atoms with Gasteiger partial charge in [-0.1, -0.05) is 6.07 Å². The molecule has 1 aromatic rings. The summed E-state index contributed by atoms with van der Waals surface area (Å²) in [5, 5.41) is 2.67. The molecule has 0 radical (unpaired) electrons. The molecule has 0 aliphatic carbocycles. The summed E-state index contributed by atoms with van der Waals surface area (Å²) in [7, 11) is 0. The fraction of sp³-hybridized carbons (Fsp3) is 0.417. The molecule has 0 atom stereocenters. The van der Waals surface area contributed by atoms with Crippen LogP contribution in [0.5, 0.6) is 0 Å². The van der Waals surface area contributed by atoms with Crippen LogP contribution in [0.15, 0.2) is 18.2 Å². The van der Waals surface area contributed by atoms with Gasteiger partial charge in [-0.2, -0.15) is 0 Å². The molecule has 3 N–H and O–H groups in total. The van der Waals surface area contributed by atoms with Gasteiger partial charge in [0, 0.05) is 18.2 Å². The monoisotopic (exact) mass is 242 g/mol. The topological polar surface area (TPSA) is 55.1 Å². The van der Waals surface area contributed by atoms with E-state index in [1.54, 1.807) is 13.8 Å². The molecule has 3 nitrogen and oxygen atoms in total. The molecule has 0 aliphatic heterocycles. The van der Waals surface area contributed by atoms with Crippen LogP contribution in [0.25, 0.3) is 0 Å². The summed E-state index contributed by atoms with van der Waals surface area (Å²) in [5.74, 6) is -1.72. The number of nitrogens with two attached hydrogens (primary N) is 1. The molecule has 0 saturated heterocycles. The Morgan fingerprint density at radius 1 is 1.41 bits per heavy atom. The van der Waals surface area contributed by atoms with E-state index in [9.17, 15) is 13.6 Å². The first-order chi connectivity index (χ1) is 7.84. The Balaban J connectivity index is 2.69. The number of hydrogen-bond donors (Lipinski definition) is 2. The fourth-order valence-electron chi connectivity index (χ4n) is 1.31. The fourth-order valence-corrected chi connectivity index (χ4v) is 1.31. The second-order valence-electron chi connectivity index (χ2n) is 4.55. The molecule has 0 unspecified atom stereocenters. The van der Waals surface area contributed by atoms with E-state index in [1.807, 2.05) is 0 Å². The summed E-state index contributed by atoms with van der Waals surface area (Å²) < 4.78 is 25.9. The molecule has 0 fully saturated rings. The lowest BCUT2D eigenvalue weighted by atomic mass is 10.0. The lowest BCUT2D eigenvalue weighted by Gasteiger charge is -2.24. The lowest BCUT2D eigenvalue weighted by Crippen LogP contribution is -2.49. The van der Waals surface area contributed by atoms with E-state index in [1.165, 1.54) is 6.07 Å². The Hall–Kier alpha value is -1.49. The maximum Gasteiger partial charge on any atom is 0.224 e. The largest absolute Gasteiger partial charge is 0.350 e.